The lowest BCUT2D eigenvalue weighted by Gasteiger charge is -2.34. The first-order chi connectivity index (χ1) is 15.2. The molecule has 3 rings (SSSR count). The third-order valence-electron chi connectivity index (χ3n) is 6.25. The van der Waals surface area contributed by atoms with Crippen molar-refractivity contribution in [1.82, 2.24) is 20.4 Å². The molecule has 1 saturated heterocycles. The normalized spacial score (nSPS) is 17.7. The summed E-state index contributed by atoms with van der Waals surface area (Å²) in [6.45, 7) is 17.0. The van der Waals surface area contributed by atoms with Crippen molar-refractivity contribution in [3.05, 3.63) is 29.3 Å². The Morgan fingerprint density at radius 2 is 1.81 bits per heavy atom. The van der Waals surface area contributed by atoms with Gasteiger partial charge in [-0.1, -0.05) is 19.1 Å². The zero-order chi connectivity index (χ0) is 21.9. The molecule has 32 heavy (non-hydrogen) atoms. The predicted molar refractivity (Wildman–Crippen MR) is 145 cm³/mol. The fraction of sp³-hybridized carbons (Fsp3) is 0.720. The third-order valence-corrected chi connectivity index (χ3v) is 6.25. The van der Waals surface area contributed by atoms with Crippen LogP contribution in [0.4, 0.5) is 0 Å². The molecule has 1 aromatic rings. The van der Waals surface area contributed by atoms with E-state index in [0.717, 1.165) is 42.9 Å². The lowest BCUT2D eigenvalue weighted by Crippen LogP contribution is -2.46. The average Bonchev–Trinajstić information content (AvgIpc) is 3.61. The SMILES string of the molecule is CCNC(=NCc1ccc(C)cc1OCC1CC1)NCCCCN1CCN(CC)CC1.I. The Kier molecular flexibility index (Phi) is 12.7. The smallest absolute Gasteiger partial charge is 0.191 e. The Labute approximate surface area is 212 Å². The van der Waals surface area contributed by atoms with Crippen LogP contribution < -0.4 is 15.4 Å². The second kappa shape index (κ2) is 15.0. The second-order valence-electron chi connectivity index (χ2n) is 8.97. The summed E-state index contributed by atoms with van der Waals surface area (Å²) in [5, 5.41) is 6.88. The minimum absolute atomic E-state index is 0. The van der Waals surface area contributed by atoms with Gasteiger partial charge in [0.2, 0.25) is 0 Å². The molecule has 1 aromatic carbocycles. The van der Waals surface area contributed by atoms with Gasteiger partial charge in [0.1, 0.15) is 5.75 Å². The van der Waals surface area contributed by atoms with Crippen molar-refractivity contribution >= 4 is 29.9 Å². The van der Waals surface area contributed by atoms with Gasteiger partial charge in [0.25, 0.3) is 0 Å². The maximum atomic E-state index is 6.10. The van der Waals surface area contributed by atoms with E-state index in [0.29, 0.717) is 6.54 Å². The van der Waals surface area contributed by atoms with Crippen molar-refractivity contribution in [2.75, 3.05) is 59.0 Å². The first-order valence-corrected chi connectivity index (χ1v) is 12.4. The number of nitrogens with one attached hydrogen (secondary N) is 2. The van der Waals surface area contributed by atoms with Crippen LogP contribution in [0.1, 0.15) is 50.7 Å². The van der Waals surface area contributed by atoms with Gasteiger partial charge in [0.15, 0.2) is 5.96 Å². The van der Waals surface area contributed by atoms with Crippen LogP contribution in [-0.4, -0.2) is 74.7 Å². The molecule has 1 heterocycles. The largest absolute Gasteiger partial charge is 0.493 e. The number of aliphatic imine (C=N–C) groups is 1. The Hall–Kier alpha value is -1.06. The first-order valence-electron chi connectivity index (χ1n) is 12.4. The number of ether oxygens (including phenoxy) is 1. The summed E-state index contributed by atoms with van der Waals surface area (Å²) in [6.07, 6.45) is 5.01. The van der Waals surface area contributed by atoms with Crippen molar-refractivity contribution in [2.45, 2.75) is 53.0 Å². The highest BCUT2D eigenvalue weighted by Crippen LogP contribution is 2.30. The van der Waals surface area contributed by atoms with Crippen LogP contribution in [0.3, 0.4) is 0 Å². The topological polar surface area (TPSA) is 52.1 Å². The Morgan fingerprint density at radius 3 is 2.50 bits per heavy atom. The van der Waals surface area contributed by atoms with Crippen LogP contribution in [0.2, 0.25) is 0 Å². The number of nitrogens with zero attached hydrogens (tertiary/aromatic N) is 3. The lowest BCUT2D eigenvalue weighted by molar-refractivity contribution is 0.136. The summed E-state index contributed by atoms with van der Waals surface area (Å²) < 4.78 is 6.10. The number of hydrogen-bond donors (Lipinski definition) is 2. The minimum Gasteiger partial charge on any atom is -0.493 e. The van der Waals surface area contributed by atoms with E-state index in [2.05, 4.69) is 59.4 Å². The van der Waals surface area contributed by atoms with E-state index in [1.165, 1.54) is 70.5 Å². The summed E-state index contributed by atoms with van der Waals surface area (Å²) in [7, 11) is 0. The summed E-state index contributed by atoms with van der Waals surface area (Å²) in [6, 6.07) is 6.45. The number of aryl methyl sites for hydroxylation is 1. The van der Waals surface area contributed by atoms with Crippen LogP contribution in [0.25, 0.3) is 0 Å². The van der Waals surface area contributed by atoms with Crippen LogP contribution in [0.5, 0.6) is 5.75 Å². The van der Waals surface area contributed by atoms with E-state index in [1.807, 2.05) is 0 Å². The number of guanidine groups is 1. The first kappa shape index (κ1) is 27.2. The lowest BCUT2D eigenvalue weighted by atomic mass is 10.1. The van der Waals surface area contributed by atoms with Crippen molar-refractivity contribution in [1.29, 1.82) is 0 Å². The number of halogens is 1. The molecule has 2 fully saturated rings. The Bertz CT molecular complexity index is 687. The molecule has 0 bridgehead atoms. The quantitative estimate of drug-likeness (QED) is 0.177. The average molecular weight is 558 g/mol. The Morgan fingerprint density at radius 1 is 1.06 bits per heavy atom. The zero-order valence-corrected chi connectivity index (χ0v) is 22.7. The highest BCUT2D eigenvalue weighted by molar-refractivity contribution is 14.0. The molecule has 0 aromatic heterocycles. The zero-order valence-electron chi connectivity index (χ0n) is 20.4. The molecule has 0 spiro atoms. The van der Waals surface area contributed by atoms with Gasteiger partial charge in [0.05, 0.1) is 13.2 Å². The molecule has 0 amide bonds. The molecule has 1 aliphatic heterocycles. The van der Waals surface area contributed by atoms with Crippen molar-refractivity contribution in [3.63, 3.8) is 0 Å². The van der Waals surface area contributed by atoms with Gasteiger partial charge in [-0.3, -0.25) is 0 Å². The van der Waals surface area contributed by atoms with Crippen LogP contribution in [0.15, 0.2) is 23.2 Å². The summed E-state index contributed by atoms with van der Waals surface area (Å²) in [5.74, 6) is 2.65. The number of hydrogen-bond acceptors (Lipinski definition) is 4. The van der Waals surface area contributed by atoms with Crippen molar-refractivity contribution < 1.29 is 4.74 Å². The van der Waals surface area contributed by atoms with Gasteiger partial charge in [-0.05, 0) is 70.2 Å². The van der Waals surface area contributed by atoms with Gasteiger partial charge < -0.3 is 25.2 Å². The van der Waals surface area contributed by atoms with Gasteiger partial charge >= 0.3 is 0 Å². The summed E-state index contributed by atoms with van der Waals surface area (Å²) in [5.41, 5.74) is 2.40. The van der Waals surface area contributed by atoms with E-state index >= 15 is 0 Å². The highest BCUT2D eigenvalue weighted by Gasteiger charge is 2.22. The standard InChI is InChI=1S/C25H43N5O.HI/c1-4-26-25(27-12-6-7-13-30-16-14-29(5-2)15-17-30)28-19-23-11-8-21(3)18-24(23)31-20-22-9-10-22;/h8,11,18,22H,4-7,9-10,12-17,19-20H2,1-3H3,(H2,26,27,28);1H. The molecular weight excluding hydrogens is 513 g/mol. The molecule has 182 valence electrons. The highest BCUT2D eigenvalue weighted by atomic mass is 127. The molecule has 2 aliphatic rings. The third kappa shape index (κ3) is 9.83. The van der Waals surface area contributed by atoms with E-state index < -0.39 is 0 Å². The summed E-state index contributed by atoms with van der Waals surface area (Å²) in [4.78, 5) is 9.96. The van der Waals surface area contributed by atoms with Crippen molar-refractivity contribution in [3.8, 4) is 5.75 Å². The number of piperazine rings is 1. The molecular formula is C25H44IN5O. The minimum atomic E-state index is 0. The second-order valence-corrected chi connectivity index (χ2v) is 8.97. The van der Waals surface area contributed by atoms with Gasteiger partial charge in [-0.15, -0.1) is 24.0 Å². The summed E-state index contributed by atoms with van der Waals surface area (Å²) >= 11 is 0. The monoisotopic (exact) mass is 557 g/mol. The number of benzene rings is 1. The van der Waals surface area contributed by atoms with Crippen molar-refractivity contribution in [2.24, 2.45) is 10.9 Å². The van der Waals surface area contributed by atoms with Crippen LogP contribution in [0, 0.1) is 12.8 Å². The molecule has 0 unspecified atom stereocenters. The van der Waals surface area contributed by atoms with E-state index in [9.17, 15) is 0 Å². The van der Waals surface area contributed by atoms with E-state index in [-0.39, 0.29) is 24.0 Å². The maximum Gasteiger partial charge on any atom is 0.191 e. The van der Waals surface area contributed by atoms with Gasteiger partial charge in [-0.25, -0.2) is 4.99 Å². The number of likely N-dealkylation sites (N-methyl/N-ethyl adjacent to an activating group) is 1. The molecule has 0 radical (unpaired) electrons. The number of unbranched alkanes of at least 4 members (excludes halogenated alkanes) is 1. The van der Waals surface area contributed by atoms with Crippen LogP contribution in [-0.2, 0) is 6.54 Å². The molecule has 2 N–H and O–H groups in total. The van der Waals surface area contributed by atoms with Gasteiger partial charge in [-0.2, -0.15) is 0 Å². The molecule has 6 nitrogen and oxygen atoms in total. The van der Waals surface area contributed by atoms with E-state index in [1.54, 1.807) is 0 Å². The fourth-order valence-corrected chi connectivity index (χ4v) is 3.92. The van der Waals surface area contributed by atoms with E-state index in [4.69, 9.17) is 9.73 Å². The van der Waals surface area contributed by atoms with Crippen LogP contribution >= 0.6 is 24.0 Å². The molecule has 1 aliphatic carbocycles. The Balaban J connectivity index is 0.00000363. The number of rotatable bonds is 12. The maximum absolute atomic E-state index is 6.10. The molecule has 1 saturated carbocycles. The molecule has 7 heteroatoms. The fourth-order valence-electron chi connectivity index (χ4n) is 3.92. The predicted octanol–water partition coefficient (Wildman–Crippen LogP) is 3.87. The van der Waals surface area contributed by atoms with Gasteiger partial charge in [0, 0.05) is 44.8 Å². The molecule has 0 atom stereocenters.